The molecule has 1 N–H and O–H groups in total. The third kappa shape index (κ3) is 4.18. The number of rotatable bonds is 6. The molecule has 1 heterocycles. The molecule has 0 aliphatic carbocycles. The Kier molecular flexibility index (Phi) is 6.30. The molecule has 0 aliphatic heterocycles. The molecule has 0 bridgehead atoms. The lowest BCUT2D eigenvalue weighted by atomic mass is 10.2. The van der Waals surface area contributed by atoms with Crippen LogP contribution < -0.4 is 14.8 Å². The first-order chi connectivity index (χ1) is 12.4. The lowest BCUT2D eigenvalue weighted by Crippen LogP contribution is -2.05. The molecule has 2 rings (SSSR count). The SMILES string of the molecule is C=C/C(Nc1ncnc2cc(OC)c(OC(C)=O)cc12)=C(F)\C(Cl)=C/C. The summed E-state index contributed by atoms with van der Waals surface area (Å²) in [5, 5.41) is 3.27. The number of carbonyl (C=O) groups is 1. The van der Waals surface area contributed by atoms with Crippen LogP contribution in [-0.4, -0.2) is 23.0 Å². The van der Waals surface area contributed by atoms with Crippen molar-refractivity contribution in [2.45, 2.75) is 13.8 Å². The first kappa shape index (κ1) is 19.4. The summed E-state index contributed by atoms with van der Waals surface area (Å²) in [5.74, 6) is -0.366. The number of halogens is 2. The molecule has 26 heavy (non-hydrogen) atoms. The average Bonchev–Trinajstić information content (AvgIpc) is 2.64. The number of esters is 1. The van der Waals surface area contributed by atoms with Gasteiger partial charge in [0.25, 0.3) is 0 Å². The van der Waals surface area contributed by atoms with Crippen molar-refractivity contribution >= 4 is 34.3 Å². The van der Waals surface area contributed by atoms with Crippen LogP contribution in [0.25, 0.3) is 10.9 Å². The van der Waals surface area contributed by atoms with Gasteiger partial charge in [-0.2, -0.15) is 0 Å². The van der Waals surface area contributed by atoms with Gasteiger partial charge in [-0.3, -0.25) is 4.79 Å². The van der Waals surface area contributed by atoms with Crippen molar-refractivity contribution in [1.29, 1.82) is 0 Å². The number of methoxy groups -OCH3 is 1. The Labute approximate surface area is 155 Å². The van der Waals surface area contributed by atoms with Gasteiger partial charge < -0.3 is 14.8 Å². The molecule has 0 unspecified atom stereocenters. The van der Waals surface area contributed by atoms with E-state index in [0.717, 1.165) is 0 Å². The van der Waals surface area contributed by atoms with Gasteiger partial charge in [0, 0.05) is 18.4 Å². The van der Waals surface area contributed by atoms with E-state index < -0.39 is 11.8 Å². The molecule has 0 saturated heterocycles. The standard InChI is InChI=1S/C18H17ClFN3O3/c1-5-12(19)17(20)13(6-2)23-18-11-7-16(26-10(3)24)15(25-4)8-14(11)21-9-22-18/h5-9H,2H2,1,3-4H3,(H,21,22,23)/b12-5+,17-13-. The second-order valence-corrected chi connectivity index (χ2v) is 5.44. The largest absolute Gasteiger partial charge is 0.493 e. The van der Waals surface area contributed by atoms with E-state index in [-0.39, 0.29) is 22.3 Å². The van der Waals surface area contributed by atoms with Crippen molar-refractivity contribution in [2.24, 2.45) is 0 Å². The predicted molar refractivity (Wildman–Crippen MR) is 99.0 cm³/mol. The summed E-state index contributed by atoms with van der Waals surface area (Å²) in [7, 11) is 1.45. The van der Waals surface area contributed by atoms with E-state index in [1.807, 2.05) is 0 Å². The summed E-state index contributed by atoms with van der Waals surface area (Å²) in [4.78, 5) is 19.6. The van der Waals surface area contributed by atoms with Gasteiger partial charge in [0.1, 0.15) is 12.1 Å². The smallest absolute Gasteiger partial charge is 0.308 e. The highest BCUT2D eigenvalue weighted by molar-refractivity contribution is 6.31. The van der Waals surface area contributed by atoms with Crippen molar-refractivity contribution in [3.63, 3.8) is 0 Å². The van der Waals surface area contributed by atoms with E-state index in [4.69, 9.17) is 21.1 Å². The van der Waals surface area contributed by atoms with Crippen LogP contribution in [0.15, 0.2) is 53.7 Å². The number of anilines is 1. The zero-order valence-corrected chi connectivity index (χ0v) is 15.2. The van der Waals surface area contributed by atoms with Crippen LogP contribution in [0, 0.1) is 0 Å². The summed E-state index contributed by atoms with van der Waals surface area (Å²) in [6, 6.07) is 3.13. The molecule has 1 aromatic carbocycles. The number of fused-ring (bicyclic) bond motifs is 1. The van der Waals surface area contributed by atoms with E-state index in [1.54, 1.807) is 13.0 Å². The van der Waals surface area contributed by atoms with Crippen molar-refractivity contribution in [2.75, 3.05) is 12.4 Å². The number of allylic oxidation sites excluding steroid dienone is 4. The molecule has 0 fully saturated rings. The number of aromatic nitrogens is 2. The maximum absolute atomic E-state index is 14.3. The lowest BCUT2D eigenvalue weighted by molar-refractivity contribution is -0.132. The molecular weight excluding hydrogens is 361 g/mol. The molecule has 0 aliphatic rings. The van der Waals surface area contributed by atoms with Gasteiger partial charge in [-0.05, 0) is 19.1 Å². The van der Waals surface area contributed by atoms with Crippen LogP contribution in [0.3, 0.4) is 0 Å². The van der Waals surface area contributed by atoms with Crippen molar-refractivity contribution in [3.8, 4) is 11.5 Å². The number of nitrogens with zero attached hydrogens (tertiary/aromatic N) is 2. The van der Waals surface area contributed by atoms with E-state index >= 15 is 0 Å². The number of hydrogen-bond acceptors (Lipinski definition) is 6. The maximum atomic E-state index is 14.3. The van der Waals surface area contributed by atoms with E-state index in [0.29, 0.717) is 16.7 Å². The summed E-state index contributed by atoms with van der Waals surface area (Å²) in [6.07, 6.45) is 4.01. The Hall–Kier alpha value is -2.93. The molecule has 0 spiro atoms. The molecule has 0 amide bonds. The van der Waals surface area contributed by atoms with E-state index in [9.17, 15) is 9.18 Å². The van der Waals surface area contributed by atoms with Gasteiger partial charge in [-0.25, -0.2) is 14.4 Å². The Bertz CT molecular complexity index is 925. The van der Waals surface area contributed by atoms with Gasteiger partial charge in [0.15, 0.2) is 17.3 Å². The molecule has 1 aromatic heterocycles. The minimum Gasteiger partial charge on any atom is -0.493 e. The topological polar surface area (TPSA) is 73.3 Å². The third-order valence-corrected chi connectivity index (χ3v) is 3.72. The van der Waals surface area contributed by atoms with E-state index in [1.165, 1.54) is 38.6 Å². The molecule has 8 heteroatoms. The maximum Gasteiger partial charge on any atom is 0.308 e. The average molecular weight is 378 g/mol. The minimum atomic E-state index is -0.676. The van der Waals surface area contributed by atoms with Crippen LogP contribution in [-0.2, 0) is 4.79 Å². The molecule has 2 aromatic rings. The normalized spacial score (nSPS) is 12.4. The van der Waals surface area contributed by atoms with E-state index in [2.05, 4.69) is 21.9 Å². The second-order valence-electron chi connectivity index (χ2n) is 5.03. The highest BCUT2D eigenvalue weighted by Crippen LogP contribution is 2.34. The zero-order valence-electron chi connectivity index (χ0n) is 14.5. The van der Waals surface area contributed by atoms with Gasteiger partial charge in [-0.1, -0.05) is 24.3 Å². The Morgan fingerprint density at radius 3 is 2.65 bits per heavy atom. The first-order valence-corrected chi connectivity index (χ1v) is 7.91. The Morgan fingerprint density at radius 2 is 2.08 bits per heavy atom. The summed E-state index contributed by atoms with van der Waals surface area (Å²) in [6.45, 7) is 6.47. The number of ether oxygens (including phenoxy) is 2. The van der Waals surface area contributed by atoms with Crippen LogP contribution in [0.2, 0.25) is 0 Å². The Balaban J connectivity index is 2.60. The van der Waals surface area contributed by atoms with Crippen LogP contribution in [0.4, 0.5) is 10.2 Å². The zero-order chi connectivity index (χ0) is 19.3. The van der Waals surface area contributed by atoms with Crippen LogP contribution >= 0.6 is 11.6 Å². The molecule has 0 atom stereocenters. The number of carbonyl (C=O) groups excluding carboxylic acids is 1. The third-order valence-electron chi connectivity index (χ3n) is 3.33. The fourth-order valence-corrected chi connectivity index (χ4v) is 2.24. The molecule has 136 valence electrons. The number of benzene rings is 1. The van der Waals surface area contributed by atoms with Crippen molar-refractivity contribution in [1.82, 2.24) is 9.97 Å². The molecular formula is C18H17ClFN3O3. The highest BCUT2D eigenvalue weighted by atomic mass is 35.5. The summed E-state index contributed by atoms with van der Waals surface area (Å²) >= 11 is 5.83. The predicted octanol–water partition coefficient (Wildman–Crippen LogP) is 4.49. The fourth-order valence-electron chi connectivity index (χ4n) is 2.14. The quantitative estimate of drug-likeness (QED) is 0.454. The molecule has 0 saturated carbocycles. The van der Waals surface area contributed by atoms with Gasteiger partial charge in [0.2, 0.25) is 0 Å². The van der Waals surface area contributed by atoms with Crippen LogP contribution in [0.1, 0.15) is 13.8 Å². The lowest BCUT2D eigenvalue weighted by Gasteiger charge is -2.13. The highest BCUT2D eigenvalue weighted by Gasteiger charge is 2.15. The van der Waals surface area contributed by atoms with Crippen LogP contribution in [0.5, 0.6) is 11.5 Å². The van der Waals surface area contributed by atoms with Crippen molar-refractivity contribution < 1.29 is 18.7 Å². The fraction of sp³-hybridized carbons (Fsp3) is 0.167. The molecule has 6 nitrogen and oxygen atoms in total. The second kappa shape index (κ2) is 8.44. The molecule has 0 radical (unpaired) electrons. The summed E-state index contributed by atoms with van der Waals surface area (Å²) < 4.78 is 24.7. The first-order valence-electron chi connectivity index (χ1n) is 7.53. The number of nitrogens with one attached hydrogen (secondary N) is 1. The number of hydrogen-bond donors (Lipinski definition) is 1. The van der Waals surface area contributed by atoms with Gasteiger partial charge >= 0.3 is 5.97 Å². The minimum absolute atomic E-state index is 0.0398. The van der Waals surface area contributed by atoms with Gasteiger partial charge in [-0.15, -0.1) is 0 Å². The van der Waals surface area contributed by atoms with Crippen molar-refractivity contribution in [3.05, 3.63) is 53.7 Å². The monoisotopic (exact) mass is 377 g/mol. The Morgan fingerprint density at radius 1 is 1.35 bits per heavy atom. The van der Waals surface area contributed by atoms with Gasteiger partial charge in [0.05, 0.1) is 23.4 Å². The summed E-state index contributed by atoms with van der Waals surface area (Å²) in [5.41, 5.74) is 0.550.